The number of hydrogen-bond acceptors (Lipinski definition) is 4. The van der Waals surface area contributed by atoms with Gasteiger partial charge in [0, 0.05) is 12.6 Å². The molecule has 0 aliphatic rings. The van der Waals surface area contributed by atoms with Crippen molar-refractivity contribution in [2.45, 2.75) is 26.3 Å². The van der Waals surface area contributed by atoms with Crippen LogP contribution >= 0.6 is 0 Å². The number of nitro groups is 1. The molecular formula is C12H19N3O2. The Morgan fingerprint density at radius 2 is 2.18 bits per heavy atom. The Bertz CT molecular complexity index is 393. The van der Waals surface area contributed by atoms with Crippen LogP contribution < -0.4 is 5.73 Å². The molecule has 1 aromatic carbocycles. The molecule has 1 rings (SSSR count). The average Bonchev–Trinajstić information content (AvgIpc) is 2.28. The summed E-state index contributed by atoms with van der Waals surface area (Å²) in [6.45, 7) is 3.84. The van der Waals surface area contributed by atoms with Crippen molar-refractivity contribution in [3.05, 3.63) is 33.9 Å². The number of unbranched alkanes of at least 4 members (excludes halogenated alkanes) is 1. The van der Waals surface area contributed by atoms with Crippen molar-refractivity contribution < 1.29 is 4.92 Å². The van der Waals surface area contributed by atoms with Crippen molar-refractivity contribution in [2.24, 2.45) is 0 Å². The maximum atomic E-state index is 10.7. The summed E-state index contributed by atoms with van der Waals surface area (Å²) in [5.74, 6) is 0. The van der Waals surface area contributed by atoms with Crippen LogP contribution in [0, 0.1) is 10.1 Å². The molecule has 17 heavy (non-hydrogen) atoms. The normalized spacial score (nSPS) is 10.8. The second-order valence-corrected chi connectivity index (χ2v) is 4.24. The minimum absolute atomic E-state index is 0.00797. The first-order chi connectivity index (χ1) is 8.04. The van der Waals surface area contributed by atoms with Crippen LogP contribution in [0.3, 0.4) is 0 Å². The molecule has 0 aliphatic heterocycles. The fourth-order valence-electron chi connectivity index (χ4n) is 1.66. The molecule has 0 amide bonds. The summed E-state index contributed by atoms with van der Waals surface area (Å²) in [6.07, 6.45) is 2.28. The molecule has 0 unspecified atom stereocenters. The summed E-state index contributed by atoms with van der Waals surface area (Å²) in [4.78, 5) is 12.5. The van der Waals surface area contributed by atoms with Gasteiger partial charge in [0.15, 0.2) is 0 Å². The van der Waals surface area contributed by atoms with Gasteiger partial charge >= 0.3 is 0 Å². The second kappa shape index (κ2) is 6.20. The molecule has 2 N–H and O–H groups in total. The smallest absolute Gasteiger partial charge is 0.292 e. The molecule has 0 atom stereocenters. The van der Waals surface area contributed by atoms with Gasteiger partial charge in [-0.1, -0.05) is 19.4 Å². The number of hydrogen-bond donors (Lipinski definition) is 1. The zero-order valence-electron chi connectivity index (χ0n) is 10.3. The lowest BCUT2D eigenvalue weighted by molar-refractivity contribution is -0.384. The quantitative estimate of drug-likeness (QED) is 0.468. The van der Waals surface area contributed by atoms with Crippen LogP contribution in [0.4, 0.5) is 11.4 Å². The third-order valence-electron chi connectivity index (χ3n) is 2.64. The van der Waals surface area contributed by atoms with E-state index in [1.807, 2.05) is 13.1 Å². The molecule has 0 spiro atoms. The maximum Gasteiger partial charge on any atom is 0.292 e. The highest BCUT2D eigenvalue weighted by atomic mass is 16.6. The highest BCUT2D eigenvalue weighted by Crippen LogP contribution is 2.22. The SMILES string of the molecule is CCCCN(C)Cc1ccc(N)c([N+](=O)[O-])c1. The Hall–Kier alpha value is -1.62. The van der Waals surface area contributed by atoms with Crippen LogP contribution in [0.15, 0.2) is 18.2 Å². The lowest BCUT2D eigenvalue weighted by atomic mass is 10.1. The Labute approximate surface area is 101 Å². The third-order valence-corrected chi connectivity index (χ3v) is 2.64. The number of rotatable bonds is 6. The van der Waals surface area contributed by atoms with Crippen molar-refractivity contribution in [3.8, 4) is 0 Å². The molecule has 0 bridgehead atoms. The summed E-state index contributed by atoms with van der Waals surface area (Å²) in [5.41, 5.74) is 6.68. The predicted octanol–water partition coefficient (Wildman–Crippen LogP) is 2.41. The van der Waals surface area contributed by atoms with Gasteiger partial charge in [-0.2, -0.15) is 0 Å². The van der Waals surface area contributed by atoms with E-state index in [1.165, 1.54) is 0 Å². The van der Waals surface area contributed by atoms with E-state index >= 15 is 0 Å². The molecule has 5 nitrogen and oxygen atoms in total. The van der Waals surface area contributed by atoms with E-state index in [0.29, 0.717) is 6.54 Å². The lowest BCUT2D eigenvalue weighted by Gasteiger charge is -2.16. The number of anilines is 1. The van der Waals surface area contributed by atoms with E-state index in [0.717, 1.165) is 24.9 Å². The minimum atomic E-state index is -0.440. The van der Waals surface area contributed by atoms with Gasteiger partial charge in [0.2, 0.25) is 0 Å². The van der Waals surface area contributed by atoms with Crippen molar-refractivity contribution in [1.29, 1.82) is 0 Å². The van der Waals surface area contributed by atoms with Crippen molar-refractivity contribution in [3.63, 3.8) is 0 Å². The van der Waals surface area contributed by atoms with Gasteiger partial charge in [0.1, 0.15) is 5.69 Å². The highest BCUT2D eigenvalue weighted by Gasteiger charge is 2.12. The van der Waals surface area contributed by atoms with Crippen LogP contribution in [0.25, 0.3) is 0 Å². The van der Waals surface area contributed by atoms with Gasteiger partial charge in [-0.15, -0.1) is 0 Å². The topological polar surface area (TPSA) is 72.4 Å². The average molecular weight is 237 g/mol. The van der Waals surface area contributed by atoms with Crippen molar-refractivity contribution in [1.82, 2.24) is 4.90 Å². The van der Waals surface area contributed by atoms with Crippen LogP contribution in [0.1, 0.15) is 25.3 Å². The minimum Gasteiger partial charge on any atom is -0.393 e. The second-order valence-electron chi connectivity index (χ2n) is 4.24. The Kier molecular flexibility index (Phi) is 4.90. The molecule has 94 valence electrons. The van der Waals surface area contributed by atoms with Crippen molar-refractivity contribution in [2.75, 3.05) is 19.3 Å². The maximum absolute atomic E-state index is 10.7. The molecule has 0 saturated carbocycles. The number of nitro benzene ring substituents is 1. The van der Waals surface area contributed by atoms with Crippen molar-refractivity contribution >= 4 is 11.4 Å². The summed E-state index contributed by atoms with van der Waals surface area (Å²) >= 11 is 0. The zero-order valence-corrected chi connectivity index (χ0v) is 10.3. The fourth-order valence-corrected chi connectivity index (χ4v) is 1.66. The number of nitrogen functional groups attached to an aromatic ring is 1. The van der Waals surface area contributed by atoms with Gasteiger partial charge < -0.3 is 10.6 Å². The Balaban J connectivity index is 2.72. The zero-order chi connectivity index (χ0) is 12.8. The van der Waals surface area contributed by atoms with Gasteiger partial charge in [-0.05, 0) is 31.6 Å². The van der Waals surface area contributed by atoms with Gasteiger partial charge in [0.25, 0.3) is 5.69 Å². The predicted molar refractivity (Wildman–Crippen MR) is 68.8 cm³/mol. The lowest BCUT2D eigenvalue weighted by Crippen LogP contribution is -2.19. The summed E-state index contributed by atoms with van der Waals surface area (Å²) in [5, 5.41) is 10.7. The molecule has 0 heterocycles. The van der Waals surface area contributed by atoms with E-state index in [9.17, 15) is 10.1 Å². The van der Waals surface area contributed by atoms with E-state index < -0.39 is 4.92 Å². The molecule has 0 aromatic heterocycles. The van der Waals surface area contributed by atoms with Crippen LogP contribution in [0.2, 0.25) is 0 Å². The molecule has 0 fully saturated rings. The molecule has 0 aliphatic carbocycles. The first kappa shape index (κ1) is 13.4. The highest BCUT2D eigenvalue weighted by molar-refractivity contribution is 5.59. The van der Waals surface area contributed by atoms with Gasteiger partial charge in [0.05, 0.1) is 4.92 Å². The van der Waals surface area contributed by atoms with Gasteiger partial charge in [-0.25, -0.2) is 0 Å². The molecular weight excluding hydrogens is 218 g/mol. The fraction of sp³-hybridized carbons (Fsp3) is 0.500. The van der Waals surface area contributed by atoms with Crippen LogP contribution in [-0.4, -0.2) is 23.4 Å². The van der Waals surface area contributed by atoms with E-state index in [2.05, 4.69) is 11.8 Å². The first-order valence-electron chi connectivity index (χ1n) is 5.76. The van der Waals surface area contributed by atoms with Gasteiger partial charge in [-0.3, -0.25) is 10.1 Å². The standard InChI is InChI=1S/C12H19N3O2/c1-3-4-7-14(2)9-10-5-6-11(13)12(8-10)15(16)17/h5-6,8H,3-4,7,9,13H2,1-2H3. The molecule has 0 radical (unpaired) electrons. The summed E-state index contributed by atoms with van der Waals surface area (Å²) < 4.78 is 0. The number of benzene rings is 1. The molecule has 5 heteroatoms. The Morgan fingerprint density at radius 3 is 2.76 bits per heavy atom. The third kappa shape index (κ3) is 4.03. The van der Waals surface area contributed by atoms with E-state index in [4.69, 9.17) is 5.73 Å². The molecule has 1 aromatic rings. The van der Waals surface area contributed by atoms with E-state index in [-0.39, 0.29) is 11.4 Å². The Morgan fingerprint density at radius 1 is 1.47 bits per heavy atom. The van der Waals surface area contributed by atoms with E-state index in [1.54, 1.807) is 12.1 Å². The first-order valence-corrected chi connectivity index (χ1v) is 5.76. The number of nitrogens with zero attached hydrogens (tertiary/aromatic N) is 2. The molecule has 0 saturated heterocycles. The van der Waals surface area contributed by atoms with Crippen LogP contribution in [-0.2, 0) is 6.54 Å². The van der Waals surface area contributed by atoms with Crippen LogP contribution in [0.5, 0.6) is 0 Å². The monoisotopic (exact) mass is 237 g/mol. The largest absolute Gasteiger partial charge is 0.393 e. The summed E-state index contributed by atoms with van der Waals surface area (Å²) in [6, 6.07) is 4.99. The summed E-state index contributed by atoms with van der Waals surface area (Å²) in [7, 11) is 2.01. The number of nitrogens with two attached hydrogens (primary N) is 1.